The molecule has 0 spiro atoms. The first-order valence-corrected chi connectivity index (χ1v) is 9.05. The summed E-state index contributed by atoms with van der Waals surface area (Å²) in [6, 6.07) is 3.11. The van der Waals surface area contributed by atoms with Crippen molar-refractivity contribution < 1.29 is 27.5 Å². The third-order valence-electron chi connectivity index (χ3n) is 4.12. The number of halogens is 3. The van der Waals surface area contributed by atoms with Gasteiger partial charge in [-0.15, -0.1) is 13.2 Å². The van der Waals surface area contributed by atoms with E-state index in [2.05, 4.69) is 15.0 Å². The second-order valence-electron chi connectivity index (χ2n) is 5.99. The average Bonchev–Trinajstić information content (AvgIpc) is 3.01. The van der Waals surface area contributed by atoms with Crippen LogP contribution in [0.15, 0.2) is 18.2 Å². The number of aromatic nitrogens is 1. The summed E-state index contributed by atoms with van der Waals surface area (Å²) < 4.78 is 41.3. The first-order chi connectivity index (χ1) is 12.8. The number of hydrogen-bond acceptors (Lipinski definition) is 6. The van der Waals surface area contributed by atoms with E-state index in [9.17, 15) is 22.8 Å². The maximum absolute atomic E-state index is 12.6. The number of carbonyl (C=O) groups is 2. The Kier molecular flexibility index (Phi) is 5.51. The Morgan fingerprint density at radius 3 is 2.85 bits per heavy atom. The molecule has 3 N–H and O–H groups in total. The molecule has 0 unspecified atom stereocenters. The number of nitrogens with two attached hydrogens (primary N) is 1. The molecule has 1 atom stereocenters. The third kappa shape index (κ3) is 4.66. The molecule has 11 heteroatoms. The predicted octanol–water partition coefficient (Wildman–Crippen LogP) is 2.47. The van der Waals surface area contributed by atoms with Gasteiger partial charge in [0, 0.05) is 12.6 Å². The van der Waals surface area contributed by atoms with Crippen LogP contribution in [-0.2, 0) is 9.59 Å². The van der Waals surface area contributed by atoms with Gasteiger partial charge in [-0.3, -0.25) is 9.59 Å². The van der Waals surface area contributed by atoms with Crippen molar-refractivity contribution in [3.8, 4) is 5.75 Å². The number of ether oxygens (including phenoxy) is 1. The molecular weight excluding hydrogens is 385 g/mol. The van der Waals surface area contributed by atoms with Crippen LogP contribution in [0.4, 0.5) is 18.3 Å². The van der Waals surface area contributed by atoms with E-state index in [1.807, 2.05) is 0 Å². The van der Waals surface area contributed by atoms with E-state index in [0.29, 0.717) is 23.2 Å². The minimum atomic E-state index is -4.78. The van der Waals surface area contributed by atoms with Crippen LogP contribution in [-0.4, -0.2) is 47.2 Å². The van der Waals surface area contributed by atoms with Gasteiger partial charge in [-0.1, -0.05) is 11.3 Å². The number of nitrogens with zero attached hydrogens (tertiary/aromatic N) is 2. The third-order valence-corrected chi connectivity index (χ3v) is 5.06. The Labute approximate surface area is 156 Å². The molecule has 1 saturated heterocycles. The van der Waals surface area contributed by atoms with Gasteiger partial charge < -0.3 is 20.7 Å². The fraction of sp³-hybridized carbons (Fsp3) is 0.438. The Morgan fingerprint density at radius 2 is 2.15 bits per heavy atom. The highest BCUT2D eigenvalue weighted by atomic mass is 32.1. The van der Waals surface area contributed by atoms with Crippen molar-refractivity contribution in [1.29, 1.82) is 0 Å². The summed E-state index contributed by atoms with van der Waals surface area (Å²) in [5.41, 5.74) is 5.84. The van der Waals surface area contributed by atoms with Crippen LogP contribution in [0.5, 0.6) is 5.75 Å². The molecular formula is C16H17F3N4O3S. The molecule has 0 aliphatic carbocycles. The van der Waals surface area contributed by atoms with Crippen LogP contribution in [0.2, 0.25) is 0 Å². The number of piperidine rings is 1. The quantitative estimate of drug-likeness (QED) is 0.819. The van der Waals surface area contributed by atoms with Crippen molar-refractivity contribution in [1.82, 2.24) is 9.88 Å². The highest BCUT2D eigenvalue weighted by molar-refractivity contribution is 7.22. The van der Waals surface area contributed by atoms with Crippen molar-refractivity contribution in [3.63, 3.8) is 0 Å². The van der Waals surface area contributed by atoms with E-state index in [0.717, 1.165) is 30.2 Å². The lowest BCUT2D eigenvalue weighted by Crippen LogP contribution is -2.51. The predicted molar refractivity (Wildman–Crippen MR) is 93.3 cm³/mol. The van der Waals surface area contributed by atoms with Gasteiger partial charge in [0.05, 0.1) is 16.8 Å². The standard InChI is InChI=1S/C16H17F3N4O3S/c17-16(18,19)26-9-4-5-10-12(7-9)27-15(21-10)22-14(25)11-3-1-2-6-23(11)13(24)8-20/h4-5,7,11H,1-3,6,8,20H2,(H,21,22,25)/t11-/m0/s1. The molecule has 2 amide bonds. The van der Waals surface area contributed by atoms with Gasteiger partial charge in [0.2, 0.25) is 11.8 Å². The number of benzene rings is 1. The molecule has 1 aliphatic rings. The molecule has 27 heavy (non-hydrogen) atoms. The van der Waals surface area contributed by atoms with Crippen LogP contribution < -0.4 is 15.8 Å². The molecule has 1 aromatic heterocycles. The molecule has 3 rings (SSSR count). The molecule has 1 aliphatic heterocycles. The smallest absolute Gasteiger partial charge is 0.406 e. The Morgan fingerprint density at radius 1 is 1.37 bits per heavy atom. The largest absolute Gasteiger partial charge is 0.573 e. The highest BCUT2D eigenvalue weighted by Crippen LogP contribution is 2.32. The van der Waals surface area contributed by atoms with Gasteiger partial charge >= 0.3 is 6.36 Å². The lowest BCUT2D eigenvalue weighted by atomic mass is 10.0. The minimum Gasteiger partial charge on any atom is -0.406 e. The zero-order valence-corrected chi connectivity index (χ0v) is 14.9. The van der Waals surface area contributed by atoms with Gasteiger partial charge in [-0.05, 0) is 31.4 Å². The summed E-state index contributed by atoms with van der Waals surface area (Å²) in [7, 11) is 0. The van der Waals surface area contributed by atoms with Gasteiger partial charge in [-0.25, -0.2) is 4.98 Å². The number of rotatable bonds is 4. The topological polar surface area (TPSA) is 97.6 Å². The number of fused-ring (bicyclic) bond motifs is 1. The minimum absolute atomic E-state index is 0.174. The lowest BCUT2D eigenvalue weighted by Gasteiger charge is -2.34. The van der Waals surface area contributed by atoms with Crippen molar-refractivity contribution in [2.45, 2.75) is 31.7 Å². The first kappa shape index (κ1) is 19.4. The summed E-state index contributed by atoms with van der Waals surface area (Å²) in [6.45, 7) is 0.291. The normalized spacial score (nSPS) is 17.8. The molecule has 0 bridgehead atoms. The molecule has 1 fully saturated rings. The number of nitrogens with one attached hydrogen (secondary N) is 1. The number of thiazole rings is 1. The maximum Gasteiger partial charge on any atom is 0.573 e. The SMILES string of the molecule is NCC(=O)N1CCCC[C@H]1C(=O)Nc1nc2ccc(OC(F)(F)F)cc2s1. The van der Waals surface area contributed by atoms with E-state index in [4.69, 9.17) is 5.73 Å². The van der Waals surface area contributed by atoms with Gasteiger partial charge in [0.25, 0.3) is 0 Å². The molecule has 1 aromatic carbocycles. The van der Waals surface area contributed by atoms with Gasteiger partial charge in [-0.2, -0.15) is 0 Å². The molecule has 7 nitrogen and oxygen atoms in total. The van der Waals surface area contributed by atoms with E-state index >= 15 is 0 Å². The van der Waals surface area contributed by atoms with E-state index < -0.39 is 12.4 Å². The van der Waals surface area contributed by atoms with Crippen LogP contribution in [0, 0.1) is 0 Å². The number of anilines is 1. The van der Waals surface area contributed by atoms with Crippen LogP contribution >= 0.6 is 11.3 Å². The van der Waals surface area contributed by atoms with E-state index in [-0.39, 0.29) is 29.2 Å². The Balaban J connectivity index is 1.75. The second-order valence-corrected chi connectivity index (χ2v) is 7.02. The van der Waals surface area contributed by atoms with Crippen LogP contribution in [0.25, 0.3) is 10.2 Å². The van der Waals surface area contributed by atoms with Crippen molar-refractivity contribution in [2.24, 2.45) is 5.73 Å². The summed E-state index contributed by atoms with van der Waals surface area (Å²) in [4.78, 5) is 30.2. The van der Waals surface area contributed by atoms with Crippen LogP contribution in [0.3, 0.4) is 0 Å². The summed E-state index contributed by atoms with van der Waals surface area (Å²) in [5, 5.41) is 2.89. The highest BCUT2D eigenvalue weighted by Gasteiger charge is 2.32. The summed E-state index contributed by atoms with van der Waals surface area (Å²) in [5.74, 6) is -1.04. The molecule has 2 heterocycles. The Hall–Kier alpha value is -2.40. The van der Waals surface area contributed by atoms with Gasteiger partial charge in [0.1, 0.15) is 11.8 Å². The number of carbonyl (C=O) groups excluding carboxylic acids is 2. The van der Waals surface area contributed by atoms with E-state index in [1.165, 1.54) is 17.0 Å². The lowest BCUT2D eigenvalue weighted by molar-refractivity contribution is -0.274. The number of alkyl halides is 3. The van der Waals surface area contributed by atoms with Crippen molar-refractivity contribution in [3.05, 3.63) is 18.2 Å². The Bertz CT molecular complexity index is 855. The zero-order chi connectivity index (χ0) is 19.6. The van der Waals surface area contributed by atoms with Crippen molar-refractivity contribution >= 4 is 38.5 Å². The zero-order valence-electron chi connectivity index (χ0n) is 14.1. The van der Waals surface area contributed by atoms with Crippen LogP contribution in [0.1, 0.15) is 19.3 Å². The molecule has 2 aromatic rings. The fourth-order valence-electron chi connectivity index (χ4n) is 2.96. The molecule has 0 saturated carbocycles. The first-order valence-electron chi connectivity index (χ1n) is 8.23. The monoisotopic (exact) mass is 402 g/mol. The van der Waals surface area contributed by atoms with E-state index in [1.54, 1.807) is 0 Å². The summed E-state index contributed by atoms with van der Waals surface area (Å²) >= 11 is 1.03. The number of amides is 2. The number of hydrogen-bond donors (Lipinski definition) is 2. The molecule has 0 radical (unpaired) electrons. The molecule has 146 valence electrons. The maximum atomic E-state index is 12.6. The average molecular weight is 402 g/mol. The summed E-state index contributed by atoms with van der Waals surface area (Å²) in [6.07, 6.45) is -2.65. The number of likely N-dealkylation sites (tertiary alicyclic amines) is 1. The fourth-order valence-corrected chi connectivity index (χ4v) is 3.86. The van der Waals surface area contributed by atoms with Gasteiger partial charge in [0.15, 0.2) is 5.13 Å². The second kappa shape index (κ2) is 7.69. The van der Waals surface area contributed by atoms with Crippen molar-refractivity contribution in [2.75, 3.05) is 18.4 Å².